The van der Waals surface area contributed by atoms with Crippen molar-refractivity contribution in [3.05, 3.63) is 53.7 Å². The number of piperidine rings is 1. The van der Waals surface area contributed by atoms with Crippen molar-refractivity contribution in [3.63, 3.8) is 0 Å². The van der Waals surface area contributed by atoms with Crippen LogP contribution in [-0.2, 0) is 18.3 Å². The predicted molar refractivity (Wildman–Crippen MR) is 106 cm³/mol. The van der Waals surface area contributed by atoms with Crippen LogP contribution in [0.1, 0.15) is 54.6 Å². The highest BCUT2D eigenvalue weighted by molar-refractivity contribution is 5.90. The van der Waals surface area contributed by atoms with E-state index >= 15 is 0 Å². The Labute approximate surface area is 159 Å². The normalized spacial score (nSPS) is 20.8. The highest BCUT2D eigenvalue weighted by Gasteiger charge is 2.34. The number of imidazole rings is 1. The van der Waals surface area contributed by atoms with Crippen molar-refractivity contribution in [2.45, 2.75) is 43.9 Å². The van der Waals surface area contributed by atoms with Crippen molar-refractivity contribution in [1.29, 1.82) is 0 Å². The van der Waals surface area contributed by atoms with Gasteiger partial charge in [0.2, 0.25) is 5.91 Å². The van der Waals surface area contributed by atoms with E-state index in [0.29, 0.717) is 11.8 Å². The molecule has 1 atom stereocenters. The van der Waals surface area contributed by atoms with Gasteiger partial charge in [-0.2, -0.15) is 0 Å². The Kier molecular flexibility index (Phi) is 4.03. The van der Waals surface area contributed by atoms with Crippen LogP contribution in [0.5, 0.6) is 0 Å². The van der Waals surface area contributed by atoms with Crippen LogP contribution in [0, 0.1) is 0 Å². The molecule has 5 heteroatoms. The number of aryl methyl sites for hydroxylation is 2. The maximum absolute atomic E-state index is 13.3. The van der Waals surface area contributed by atoms with Crippen molar-refractivity contribution in [3.8, 4) is 0 Å². The van der Waals surface area contributed by atoms with Crippen LogP contribution < -0.4 is 0 Å². The van der Waals surface area contributed by atoms with Crippen molar-refractivity contribution < 1.29 is 4.79 Å². The molecule has 1 unspecified atom stereocenters. The Morgan fingerprint density at radius 1 is 1.19 bits per heavy atom. The van der Waals surface area contributed by atoms with E-state index in [-0.39, 0.29) is 5.92 Å². The van der Waals surface area contributed by atoms with Gasteiger partial charge >= 0.3 is 0 Å². The van der Waals surface area contributed by atoms with Crippen LogP contribution in [0.3, 0.4) is 0 Å². The first-order chi connectivity index (χ1) is 13.2. The molecule has 0 radical (unpaired) electrons. The number of benzene rings is 1. The topological polar surface area (TPSA) is 53.9 Å². The molecule has 1 amide bonds. The van der Waals surface area contributed by atoms with Crippen LogP contribution in [0.4, 0.5) is 0 Å². The summed E-state index contributed by atoms with van der Waals surface area (Å²) in [7, 11) is 2.05. The number of para-hydroxylation sites is 1. The fraction of sp³-hybridized carbons (Fsp3) is 0.455. The van der Waals surface area contributed by atoms with Gasteiger partial charge in [0.1, 0.15) is 5.82 Å². The van der Waals surface area contributed by atoms with Crippen LogP contribution >= 0.6 is 0 Å². The van der Waals surface area contributed by atoms with E-state index in [1.54, 1.807) is 0 Å². The van der Waals surface area contributed by atoms with E-state index < -0.39 is 0 Å². The molecule has 3 heterocycles. The smallest absolute Gasteiger partial charge is 0.231 e. The highest BCUT2D eigenvalue weighted by atomic mass is 16.2. The molecular weight excluding hydrogens is 336 g/mol. The zero-order valence-corrected chi connectivity index (χ0v) is 15.8. The third kappa shape index (κ3) is 2.76. The number of carbonyl (C=O) groups excluding carboxylic acids is 1. The van der Waals surface area contributed by atoms with Gasteiger partial charge in [0.15, 0.2) is 0 Å². The molecule has 1 saturated heterocycles. The lowest BCUT2D eigenvalue weighted by Gasteiger charge is -2.35. The molecule has 1 aliphatic carbocycles. The summed E-state index contributed by atoms with van der Waals surface area (Å²) in [4.78, 5) is 23.5. The minimum Gasteiger partial charge on any atom is -0.357 e. The first kappa shape index (κ1) is 16.6. The van der Waals surface area contributed by atoms with Gasteiger partial charge in [-0.3, -0.25) is 4.79 Å². The Morgan fingerprint density at radius 2 is 2.00 bits per heavy atom. The monoisotopic (exact) mass is 362 g/mol. The van der Waals surface area contributed by atoms with Crippen LogP contribution in [0.25, 0.3) is 10.9 Å². The number of H-pyrrole nitrogens is 1. The molecule has 2 aromatic heterocycles. The Hall–Kier alpha value is -2.56. The summed E-state index contributed by atoms with van der Waals surface area (Å²) in [6, 6.07) is 8.44. The quantitative estimate of drug-likeness (QED) is 0.755. The molecule has 140 valence electrons. The molecule has 5 rings (SSSR count). The Bertz CT molecular complexity index is 977. The lowest BCUT2D eigenvalue weighted by molar-refractivity contribution is -0.134. The minimum atomic E-state index is -0.00846. The van der Waals surface area contributed by atoms with Gasteiger partial charge < -0.3 is 14.5 Å². The summed E-state index contributed by atoms with van der Waals surface area (Å²) in [5.41, 5.74) is 3.69. The van der Waals surface area contributed by atoms with E-state index in [4.69, 9.17) is 0 Å². The zero-order valence-electron chi connectivity index (χ0n) is 15.8. The number of fused-ring (bicyclic) bond motifs is 3. The maximum Gasteiger partial charge on any atom is 0.231 e. The second-order valence-corrected chi connectivity index (χ2v) is 8.00. The largest absolute Gasteiger partial charge is 0.357 e. The van der Waals surface area contributed by atoms with Gasteiger partial charge in [-0.05, 0) is 43.7 Å². The van der Waals surface area contributed by atoms with Gasteiger partial charge in [0.25, 0.3) is 0 Å². The number of rotatable bonds is 2. The van der Waals surface area contributed by atoms with Gasteiger partial charge in [-0.25, -0.2) is 4.98 Å². The average molecular weight is 362 g/mol. The molecule has 2 aliphatic rings. The van der Waals surface area contributed by atoms with E-state index in [9.17, 15) is 4.79 Å². The third-order valence-corrected chi connectivity index (χ3v) is 6.44. The molecule has 1 fully saturated rings. The van der Waals surface area contributed by atoms with Crippen molar-refractivity contribution in [1.82, 2.24) is 19.4 Å². The number of nitrogens with zero attached hydrogens (tertiary/aromatic N) is 3. The lowest BCUT2D eigenvalue weighted by Crippen LogP contribution is -2.41. The van der Waals surface area contributed by atoms with E-state index in [1.807, 2.05) is 12.4 Å². The molecular formula is C22H26N4O. The van der Waals surface area contributed by atoms with Gasteiger partial charge in [0, 0.05) is 55.0 Å². The first-order valence-electron chi connectivity index (χ1n) is 10.1. The van der Waals surface area contributed by atoms with E-state index in [0.717, 1.165) is 56.5 Å². The van der Waals surface area contributed by atoms with Crippen LogP contribution in [0.2, 0.25) is 0 Å². The number of hydrogen-bond acceptors (Lipinski definition) is 2. The molecule has 0 spiro atoms. The fourth-order valence-corrected chi connectivity index (χ4v) is 5.01. The third-order valence-electron chi connectivity index (χ3n) is 6.44. The molecule has 0 saturated carbocycles. The summed E-state index contributed by atoms with van der Waals surface area (Å²) in [6.45, 7) is 1.67. The second kappa shape index (κ2) is 6.55. The number of amides is 1. The first-order valence-corrected chi connectivity index (χ1v) is 10.1. The van der Waals surface area contributed by atoms with E-state index in [2.05, 4.69) is 50.7 Å². The Morgan fingerprint density at radius 3 is 2.78 bits per heavy atom. The standard InChI is InChI=1S/C22H26N4O/c1-25-14-11-23-21(25)15-9-12-26(13-10-15)22(27)18-7-4-6-17-16-5-2-3-8-19(16)24-20(17)18/h2-3,5,8,11,14-15,18,24H,4,6-7,9-10,12-13H2,1H3. The summed E-state index contributed by atoms with van der Waals surface area (Å²) >= 11 is 0. The summed E-state index contributed by atoms with van der Waals surface area (Å²) in [5, 5.41) is 1.29. The summed E-state index contributed by atoms with van der Waals surface area (Å²) in [6.07, 6.45) is 9.00. The highest BCUT2D eigenvalue weighted by Crippen LogP contribution is 2.38. The number of nitrogens with one attached hydrogen (secondary N) is 1. The van der Waals surface area contributed by atoms with Crippen LogP contribution in [0.15, 0.2) is 36.7 Å². The predicted octanol–water partition coefficient (Wildman–Crippen LogP) is 3.73. The maximum atomic E-state index is 13.3. The van der Waals surface area contributed by atoms with Crippen molar-refractivity contribution >= 4 is 16.8 Å². The van der Waals surface area contributed by atoms with Gasteiger partial charge in [0.05, 0.1) is 5.92 Å². The Balaban J connectivity index is 1.35. The molecule has 0 bridgehead atoms. The van der Waals surface area contributed by atoms with Crippen LogP contribution in [-0.4, -0.2) is 38.4 Å². The number of hydrogen-bond donors (Lipinski definition) is 1. The SMILES string of the molecule is Cn1ccnc1C1CCN(C(=O)C2CCCc3c2[nH]c2ccccc32)CC1. The fourth-order valence-electron chi connectivity index (χ4n) is 5.01. The molecule has 1 aliphatic heterocycles. The molecule has 3 aromatic rings. The number of aromatic nitrogens is 3. The molecule has 1 N–H and O–H groups in total. The minimum absolute atomic E-state index is 0.00846. The molecule has 27 heavy (non-hydrogen) atoms. The number of carbonyl (C=O) groups is 1. The summed E-state index contributed by atoms with van der Waals surface area (Å²) < 4.78 is 2.11. The van der Waals surface area contributed by atoms with E-state index in [1.165, 1.54) is 16.6 Å². The molecule has 5 nitrogen and oxygen atoms in total. The second-order valence-electron chi connectivity index (χ2n) is 8.00. The van der Waals surface area contributed by atoms with Gasteiger partial charge in [-0.1, -0.05) is 18.2 Å². The van der Waals surface area contributed by atoms with Gasteiger partial charge in [-0.15, -0.1) is 0 Å². The number of aromatic amines is 1. The molecule has 1 aromatic carbocycles. The lowest BCUT2D eigenvalue weighted by atomic mass is 9.85. The average Bonchev–Trinajstić information content (AvgIpc) is 3.31. The summed E-state index contributed by atoms with van der Waals surface area (Å²) in [5.74, 6) is 1.91. The zero-order chi connectivity index (χ0) is 18.4. The van der Waals surface area contributed by atoms with Crippen molar-refractivity contribution in [2.75, 3.05) is 13.1 Å². The van der Waals surface area contributed by atoms with Crippen molar-refractivity contribution in [2.24, 2.45) is 7.05 Å². The number of likely N-dealkylation sites (tertiary alicyclic amines) is 1.